The molecule has 10 nitrogen and oxygen atoms in total. The highest BCUT2D eigenvalue weighted by molar-refractivity contribution is 5.48. The van der Waals surface area contributed by atoms with Gasteiger partial charge in [0.25, 0.3) is 0 Å². The van der Waals surface area contributed by atoms with Crippen LogP contribution in [0.5, 0.6) is 5.75 Å². The predicted molar refractivity (Wildman–Crippen MR) is 173 cm³/mol. The summed E-state index contributed by atoms with van der Waals surface area (Å²) in [7, 11) is 0. The third kappa shape index (κ3) is 21.6. The molecule has 2 rings (SSSR count). The van der Waals surface area contributed by atoms with E-state index < -0.39 is 6.10 Å². The van der Waals surface area contributed by atoms with Gasteiger partial charge in [0.15, 0.2) is 0 Å². The highest BCUT2D eigenvalue weighted by Crippen LogP contribution is 2.16. The second-order valence-corrected chi connectivity index (χ2v) is 11.0. The van der Waals surface area contributed by atoms with E-state index in [1.165, 1.54) is 0 Å². The number of rotatable bonds is 23. The average Bonchev–Trinajstić information content (AvgIpc) is 3.90. The van der Waals surface area contributed by atoms with Crippen LogP contribution >= 0.6 is 0 Å². The van der Waals surface area contributed by atoms with Crippen LogP contribution in [0.4, 0.5) is 0 Å². The molecule has 254 valence electrons. The van der Waals surface area contributed by atoms with Gasteiger partial charge in [0.05, 0.1) is 52.9 Å². The highest BCUT2D eigenvalue weighted by atomic mass is 16.6. The van der Waals surface area contributed by atoms with E-state index in [4.69, 9.17) is 33.9 Å². The Morgan fingerprint density at radius 3 is 1.84 bits per heavy atom. The molecule has 1 aromatic carbocycles. The Morgan fingerprint density at radius 1 is 0.795 bits per heavy atom. The van der Waals surface area contributed by atoms with Crippen molar-refractivity contribution in [2.45, 2.75) is 33.0 Å². The number of allylic oxidation sites excluding steroid dienone is 2. The Bertz CT molecular complexity index is 822. The minimum absolute atomic E-state index is 0.0397. The second-order valence-electron chi connectivity index (χ2n) is 11.0. The van der Waals surface area contributed by atoms with Gasteiger partial charge in [-0.05, 0) is 29.5 Å². The Hall–Kier alpha value is -2.12. The van der Waals surface area contributed by atoms with Gasteiger partial charge >= 0.3 is 0 Å². The summed E-state index contributed by atoms with van der Waals surface area (Å²) in [6.07, 6.45) is 5.31. The molecule has 1 saturated heterocycles. The van der Waals surface area contributed by atoms with Crippen molar-refractivity contribution in [3.63, 3.8) is 0 Å². The standard InChI is InChI=1S/C17H36O8.C11H12O2.C6H10/c1-13(3-18)8-23-9-15(5-20)10-24-12-17(7-22)25-11-16(6-21)14(2)4-19;1-2-9-3-5-10(6-4-9)12-7-11-8-13-11;1-4-6(3)5-2/h13-22H,3-12H2,1-2H3;2-6,11H,1,7-8H2;4-6H,1-2H2,3H3. The second kappa shape index (κ2) is 27.2. The molecule has 0 saturated carbocycles. The van der Waals surface area contributed by atoms with Gasteiger partial charge < -0.3 is 49.2 Å². The summed E-state index contributed by atoms with van der Waals surface area (Å²) in [5.74, 6) is 0.915. The van der Waals surface area contributed by atoms with E-state index in [9.17, 15) is 15.3 Å². The Balaban J connectivity index is 0.000000794. The zero-order valence-corrected chi connectivity index (χ0v) is 27.0. The van der Waals surface area contributed by atoms with E-state index in [2.05, 4.69) is 19.7 Å². The fourth-order valence-corrected chi connectivity index (χ4v) is 3.12. The minimum atomic E-state index is -0.533. The van der Waals surface area contributed by atoms with E-state index >= 15 is 0 Å². The maximum Gasteiger partial charge on any atom is 0.119 e. The van der Waals surface area contributed by atoms with E-state index in [-0.39, 0.29) is 76.5 Å². The minimum Gasteiger partial charge on any atom is -0.491 e. The molecule has 1 aromatic rings. The van der Waals surface area contributed by atoms with Crippen LogP contribution in [0.2, 0.25) is 0 Å². The molecule has 1 aliphatic rings. The van der Waals surface area contributed by atoms with Crippen LogP contribution in [0.15, 0.2) is 56.2 Å². The monoisotopic (exact) mass is 626 g/mol. The molecule has 5 N–H and O–H groups in total. The first-order valence-electron chi connectivity index (χ1n) is 15.2. The summed E-state index contributed by atoms with van der Waals surface area (Å²) in [5, 5.41) is 46.0. The summed E-state index contributed by atoms with van der Waals surface area (Å²) in [5.41, 5.74) is 1.11. The molecular formula is C34H58O10. The number of ether oxygens (including phenoxy) is 5. The molecule has 0 aromatic heterocycles. The topological polar surface area (TPSA) is 151 Å². The van der Waals surface area contributed by atoms with Crippen molar-refractivity contribution in [2.75, 3.05) is 79.3 Å². The molecule has 0 radical (unpaired) electrons. The molecule has 6 atom stereocenters. The summed E-state index contributed by atoms with van der Waals surface area (Å²) >= 11 is 0. The lowest BCUT2D eigenvalue weighted by molar-refractivity contribution is -0.0776. The van der Waals surface area contributed by atoms with Crippen molar-refractivity contribution >= 4 is 6.08 Å². The maximum atomic E-state index is 9.34. The number of aliphatic hydroxyl groups excluding tert-OH is 5. The smallest absolute Gasteiger partial charge is 0.119 e. The maximum absolute atomic E-state index is 9.34. The summed E-state index contributed by atoms with van der Waals surface area (Å²) in [4.78, 5) is 0. The number of benzene rings is 1. The number of hydrogen-bond acceptors (Lipinski definition) is 10. The molecule has 1 aliphatic heterocycles. The molecule has 10 heteroatoms. The van der Waals surface area contributed by atoms with Crippen molar-refractivity contribution in [2.24, 2.45) is 29.6 Å². The van der Waals surface area contributed by atoms with Gasteiger partial charge in [-0.2, -0.15) is 0 Å². The molecule has 0 spiro atoms. The van der Waals surface area contributed by atoms with Gasteiger partial charge in [0, 0.05) is 37.6 Å². The van der Waals surface area contributed by atoms with Gasteiger partial charge in [0.1, 0.15) is 24.6 Å². The Labute approximate surface area is 264 Å². The van der Waals surface area contributed by atoms with Crippen molar-refractivity contribution in [3.8, 4) is 5.75 Å². The normalized spacial score (nSPS) is 17.1. The van der Waals surface area contributed by atoms with Crippen LogP contribution in [0.1, 0.15) is 26.3 Å². The average molecular weight is 627 g/mol. The lowest BCUT2D eigenvalue weighted by atomic mass is 9.97. The largest absolute Gasteiger partial charge is 0.491 e. The first-order valence-corrected chi connectivity index (χ1v) is 15.2. The van der Waals surface area contributed by atoms with Crippen LogP contribution in [-0.2, 0) is 18.9 Å². The van der Waals surface area contributed by atoms with Crippen molar-refractivity contribution in [1.82, 2.24) is 0 Å². The Kier molecular flexibility index (Phi) is 25.9. The lowest BCUT2D eigenvalue weighted by Crippen LogP contribution is -2.32. The van der Waals surface area contributed by atoms with E-state index in [0.717, 1.165) is 17.9 Å². The van der Waals surface area contributed by atoms with Gasteiger partial charge in [-0.25, -0.2) is 0 Å². The van der Waals surface area contributed by atoms with E-state index in [1.807, 2.05) is 63.3 Å². The molecule has 44 heavy (non-hydrogen) atoms. The van der Waals surface area contributed by atoms with Crippen LogP contribution in [0.3, 0.4) is 0 Å². The van der Waals surface area contributed by atoms with Crippen molar-refractivity contribution in [3.05, 3.63) is 61.7 Å². The molecular weight excluding hydrogens is 568 g/mol. The van der Waals surface area contributed by atoms with Crippen molar-refractivity contribution in [1.29, 1.82) is 0 Å². The van der Waals surface area contributed by atoms with Gasteiger partial charge in [0.2, 0.25) is 0 Å². The number of aliphatic hydroxyl groups is 5. The molecule has 0 bridgehead atoms. The first kappa shape index (κ1) is 41.9. The van der Waals surface area contributed by atoms with E-state index in [0.29, 0.717) is 31.8 Å². The van der Waals surface area contributed by atoms with Gasteiger partial charge in [-0.3, -0.25) is 0 Å². The van der Waals surface area contributed by atoms with Crippen LogP contribution in [0, 0.1) is 29.6 Å². The fraction of sp³-hybridized carbons (Fsp3) is 0.647. The molecule has 0 aliphatic carbocycles. The molecule has 1 fully saturated rings. The van der Waals surface area contributed by atoms with Gasteiger partial charge in [-0.15, -0.1) is 13.2 Å². The molecule has 0 amide bonds. The Morgan fingerprint density at radius 2 is 1.41 bits per heavy atom. The molecule has 6 unspecified atom stereocenters. The third-order valence-electron chi connectivity index (χ3n) is 6.76. The van der Waals surface area contributed by atoms with Crippen molar-refractivity contribution < 1.29 is 49.2 Å². The van der Waals surface area contributed by atoms with Crippen LogP contribution < -0.4 is 4.74 Å². The number of hydrogen-bond donors (Lipinski definition) is 5. The summed E-state index contributed by atoms with van der Waals surface area (Å²) < 4.78 is 27.0. The third-order valence-corrected chi connectivity index (χ3v) is 6.76. The SMILES string of the molecule is C=CC(C)C=C.C=Cc1ccc(OCC2CO2)cc1.CC(CO)COCC(CO)COCC(CO)OCC(CO)C(C)CO. The lowest BCUT2D eigenvalue weighted by Gasteiger charge is -2.24. The zero-order valence-electron chi connectivity index (χ0n) is 27.0. The molecule has 1 heterocycles. The van der Waals surface area contributed by atoms with Crippen LogP contribution in [0.25, 0.3) is 6.08 Å². The first-order chi connectivity index (χ1) is 21.2. The van der Waals surface area contributed by atoms with E-state index in [1.54, 1.807) is 0 Å². The zero-order chi connectivity index (χ0) is 33.2. The highest BCUT2D eigenvalue weighted by Gasteiger charge is 2.23. The summed E-state index contributed by atoms with van der Waals surface area (Å²) in [6, 6.07) is 7.85. The quantitative estimate of drug-likeness (QED) is 0.0906. The fourth-order valence-electron chi connectivity index (χ4n) is 3.12. The number of epoxide rings is 1. The van der Waals surface area contributed by atoms with Crippen LogP contribution in [-0.4, -0.2) is 117 Å². The van der Waals surface area contributed by atoms with Gasteiger partial charge in [-0.1, -0.05) is 57.7 Å². The summed E-state index contributed by atoms with van der Waals surface area (Å²) in [6.45, 7) is 19.0. The predicted octanol–water partition coefficient (Wildman–Crippen LogP) is 2.97.